The molecule has 1 unspecified atom stereocenters. The molecule has 0 radical (unpaired) electrons. The number of rotatable bonds is 8. The summed E-state index contributed by atoms with van der Waals surface area (Å²) in [5.74, 6) is -1.17. The van der Waals surface area contributed by atoms with E-state index in [0.29, 0.717) is 17.4 Å². The van der Waals surface area contributed by atoms with E-state index in [1.807, 2.05) is 21.1 Å². The number of carbonyl (C=O) groups is 1. The zero-order valence-corrected chi connectivity index (χ0v) is 11.0. The molecule has 16 heavy (non-hydrogen) atoms. The number of hydrogen-bond acceptors (Lipinski definition) is 3. The summed E-state index contributed by atoms with van der Waals surface area (Å²) in [6, 6.07) is 0. The molecule has 0 rings (SSSR count). The maximum atomic E-state index is 10.7. The van der Waals surface area contributed by atoms with Crippen molar-refractivity contribution in [1.29, 1.82) is 0 Å². The van der Waals surface area contributed by atoms with Crippen molar-refractivity contribution in [3.63, 3.8) is 0 Å². The quantitative estimate of drug-likeness (QED) is 0.477. The van der Waals surface area contributed by atoms with E-state index < -0.39 is 11.6 Å². The number of unbranched alkanes of at least 4 members (excludes halogenated alkanes) is 2. The summed E-state index contributed by atoms with van der Waals surface area (Å²) in [6.07, 6.45) is 3.20. The molecule has 1 atom stereocenters. The normalized spacial score (nSPS) is 15.8. The fourth-order valence-electron chi connectivity index (χ4n) is 2.08. The molecule has 0 saturated carbocycles. The van der Waals surface area contributed by atoms with Crippen molar-refractivity contribution >= 4 is 5.97 Å². The highest BCUT2D eigenvalue weighted by Crippen LogP contribution is 2.21. The van der Waals surface area contributed by atoms with E-state index in [-0.39, 0.29) is 6.42 Å². The fourth-order valence-corrected chi connectivity index (χ4v) is 2.08. The molecule has 0 fully saturated rings. The highest BCUT2D eigenvalue weighted by atomic mass is 16.4. The van der Waals surface area contributed by atoms with Crippen LogP contribution in [-0.4, -0.2) is 48.8 Å². The van der Waals surface area contributed by atoms with Gasteiger partial charge in [0.2, 0.25) is 0 Å². The maximum Gasteiger partial charge on any atom is 0.119 e. The standard InChI is InChI=1S/C12H25NO3/c1-5-6-7-8-12(16,9-11(14)15)10-13(2,3)4/h16H,5-10H2,1-4H3. The summed E-state index contributed by atoms with van der Waals surface area (Å²) in [5.41, 5.74) is -1.13. The van der Waals surface area contributed by atoms with Crippen LogP contribution in [0.25, 0.3) is 0 Å². The van der Waals surface area contributed by atoms with Crippen LogP contribution in [0.5, 0.6) is 0 Å². The van der Waals surface area contributed by atoms with Crippen LogP contribution >= 0.6 is 0 Å². The lowest BCUT2D eigenvalue weighted by molar-refractivity contribution is -0.877. The molecule has 0 bridgehead atoms. The van der Waals surface area contributed by atoms with Gasteiger partial charge in [0.1, 0.15) is 12.1 Å². The summed E-state index contributed by atoms with van der Waals surface area (Å²) in [5, 5.41) is 21.0. The van der Waals surface area contributed by atoms with Crippen LogP contribution in [0.2, 0.25) is 0 Å². The molecule has 0 aliphatic carbocycles. The first kappa shape index (κ1) is 15.4. The van der Waals surface area contributed by atoms with Gasteiger partial charge >= 0.3 is 0 Å². The Balaban J connectivity index is 4.42. The Bertz CT molecular complexity index is 223. The highest BCUT2D eigenvalue weighted by molar-refractivity contribution is 5.65. The van der Waals surface area contributed by atoms with Gasteiger partial charge in [-0.05, 0) is 6.42 Å². The molecular weight excluding hydrogens is 206 g/mol. The number of carboxylic acid groups (broad SMARTS) is 1. The second-order valence-corrected chi connectivity index (χ2v) is 5.68. The zero-order valence-electron chi connectivity index (χ0n) is 11.0. The van der Waals surface area contributed by atoms with Gasteiger partial charge in [-0.25, -0.2) is 0 Å². The van der Waals surface area contributed by atoms with Crippen LogP contribution in [0, 0.1) is 0 Å². The van der Waals surface area contributed by atoms with E-state index in [9.17, 15) is 15.0 Å². The summed E-state index contributed by atoms with van der Waals surface area (Å²) >= 11 is 0. The van der Waals surface area contributed by atoms with Crippen LogP contribution in [0.4, 0.5) is 0 Å². The summed E-state index contributed by atoms with van der Waals surface area (Å²) in [7, 11) is 5.83. The Morgan fingerprint density at radius 3 is 2.25 bits per heavy atom. The third kappa shape index (κ3) is 7.65. The maximum absolute atomic E-state index is 10.7. The van der Waals surface area contributed by atoms with Crippen molar-refractivity contribution in [2.24, 2.45) is 0 Å². The number of carbonyl (C=O) groups excluding carboxylic acids is 1. The largest absolute Gasteiger partial charge is 0.550 e. The molecule has 0 aliphatic heterocycles. The van der Waals surface area contributed by atoms with E-state index in [2.05, 4.69) is 6.92 Å². The molecule has 96 valence electrons. The molecule has 0 spiro atoms. The van der Waals surface area contributed by atoms with Crippen LogP contribution in [0.3, 0.4) is 0 Å². The molecule has 0 aromatic heterocycles. The second-order valence-electron chi connectivity index (χ2n) is 5.68. The molecule has 4 heteroatoms. The first-order valence-corrected chi connectivity index (χ1v) is 5.91. The molecule has 0 aromatic carbocycles. The first-order chi connectivity index (χ1) is 7.18. The first-order valence-electron chi connectivity index (χ1n) is 5.91. The van der Waals surface area contributed by atoms with Crippen molar-refractivity contribution in [2.45, 2.75) is 44.6 Å². The van der Waals surface area contributed by atoms with Crippen molar-refractivity contribution in [1.82, 2.24) is 0 Å². The average Bonchev–Trinajstić information content (AvgIpc) is 1.98. The molecule has 1 N–H and O–H groups in total. The predicted octanol–water partition coefficient (Wildman–Crippen LogP) is 0.144. The molecule has 0 aromatic rings. The number of quaternary nitrogens is 1. The summed E-state index contributed by atoms with van der Waals surface area (Å²) in [6.45, 7) is 2.52. The SMILES string of the molecule is CCCCCC(O)(CC(=O)[O-])C[N+](C)(C)C. The smallest absolute Gasteiger partial charge is 0.119 e. The van der Waals surface area contributed by atoms with Gasteiger partial charge in [-0.2, -0.15) is 0 Å². The Hall–Kier alpha value is -0.610. The van der Waals surface area contributed by atoms with E-state index in [4.69, 9.17) is 0 Å². The van der Waals surface area contributed by atoms with Gasteiger partial charge in [0, 0.05) is 12.4 Å². The number of aliphatic carboxylic acids is 1. The minimum absolute atomic E-state index is 0.272. The number of aliphatic hydroxyl groups is 1. The molecule has 0 heterocycles. The third-order valence-corrected chi connectivity index (χ3v) is 2.49. The summed E-state index contributed by atoms with van der Waals surface area (Å²) < 4.78 is 0.551. The van der Waals surface area contributed by atoms with E-state index in [1.165, 1.54) is 0 Å². The molecule has 0 saturated heterocycles. The Labute approximate surface area is 98.5 Å². The van der Waals surface area contributed by atoms with Gasteiger partial charge < -0.3 is 19.5 Å². The lowest BCUT2D eigenvalue weighted by Gasteiger charge is -2.36. The van der Waals surface area contributed by atoms with Gasteiger partial charge in [0.15, 0.2) is 0 Å². The van der Waals surface area contributed by atoms with Gasteiger partial charge in [-0.15, -0.1) is 0 Å². The minimum atomic E-state index is -1.17. The Morgan fingerprint density at radius 2 is 1.88 bits per heavy atom. The zero-order chi connectivity index (χ0) is 12.8. The van der Waals surface area contributed by atoms with Crippen LogP contribution in [0.15, 0.2) is 0 Å². The van der Waals surface area contributed by atoms with Gasteiger partial charge in [-0.1, -0.05) is 26.2 Å². The average molecular weight is 231 g/mol. The van der Waals surface area contributed by atoms with Crippen molar-refractivity contribution in [2.75, 3.05) is 27.7 Å². The lowest BCUT2D eigenvalue weighted by atomic mass is 9.91. The number of hydrogen-bond donors (Lipinski definition) is 1. The van der Waals surface area contributed by atoms with E-state index in [0.717, 1.165) is 19.3 Å². The summed E-state index contributed by atoms with van der Waals surface area (Å²) in [4.78, 5) is 10.7. The molecular formula is C12H25NO3. The van der Waals surface area contributed by atoms with Crippen LogP contribution < -0.4 is 5.11 Å². The molecule has 4 nitrogen and oxygen atoms in total. The van der Waals surface area contributed by atoms with Gasteiger partial charge in [0.25, 0.3) is 0 Å². The van der Waals surface area contributed by atoms with Crippen molar-refractivity contribution in [3.8, 4) is 0 Å². The van der Waals surface area contributed by atoms with Crippen LogP contribution in [-0.2, 0) is 4.79 Å². The molecule has 0 aliphatic rings. The predicted molar refractivity (Wildman–Crippen MR) is 61.6 cm³/mol. The van der Waals surface area contributed by atoms with Gasteiger partial charge in [0.05, 0.1) is 21.1 Å². The van der Waals surface area contributed by atoms with Gasteiger partial charge in [-0.3, -0.25) is 0 Å². The second kappa shape index (κ2) is 6.21. The topological polar surface area (TPSA) is 60.4 Å². The highest BCUT2D eigenvalue weighted by Gasteiger charge is 2.32. The number of nitrogens with zero attached hydrogens (tertiary/aromatic N) is 1. The number of likely N-dealkylation sites (N-methyl/N-ethyl adjacent to an activating group) is 1. The van der Waals surface area contributed by atoms with Crippen LogP contribution in [0.1, 0.15) is 39.0 Å². The third-order valence-electron chi connectivity index (χ3n) is 2.49. The van der Waals surface area contributed by atoms with Crippen molar-refractivity contribution < 1.29 is 19.5 Å². The fraction of sp³-hybridized carbons (Fsp3) is 0.917. The Kier molecular flexibility index (Phi) is 5.97. The van der Waals surface area contributed by atoms with Crippen molar-refractivity contribution in [3.05, 3.63) is 0 Å². The molecule has 0 amide bonds. The van der Waals surface area contributed by atoms with E-state index >= 15 is 0 Å². The number of carboxylic acids is 1. The minimum Gasteiger partial charge on any atom is -0.550 e. The Morgan fingerprint density at radius 1 is 1.31 bits per heavy atom. The lowest BCUT2D eigenvalue weighted by Crippen LogP contribution is -2.51. The monoisotopic (exact) mass is 231 g/mol. The van der Waals surface area contributed by atoms with E-state index in [1.54, 1.807) is 0 Å².